The van der Waals surface area contributed by atoms with E-state index in [9.17, 15) is 4.79 Å². The lowest BCUT2D eigenvalue weighted by molar-refractivity contribution is 0.375. The maximum Gasteiger partial charge on any atom is 0.275 e. The van der Waals surface area contributed by atoms with Crippen LogP contribution in [-0.4, -0.2) is 37.5 Å². The summed E-state index contributed by atoms with van der Waals surface area (Å²) in [6, 6.07) is 3.90. The molecule has 1 unspecified atom stereocenters. The fraction of sp³-hybridized carbons (Fsp3) is 0.500. The molecule has 7 nitrogen and oxygen atoms in total. The van der Waals surface area contributed by atoms with Gasteiger partial charge in [0.25, 0.3) is 5.56 Å². The Morgan fingerprint density at radius 3 is 3.12 bits per heavy atom. The van der Waals surface area contributed by atoms with Crippen LogP contribution in [0.1, 0.15) is 37.9 Å². The molecular weight excluding hydrogens is 324 g/mol. The van der Waals surface area contributed by atoms with E-state index in [2.05, 4.69) is 27.0 Å². The van der Waals surface area contributed by atoms with E-state index in [0.717, 1.165) is 49.6 Å². The van der Waals surface area contributed by atoms with E-state index < -0.39 is 0 Å². The van der Waals surface area contributed by atoms with Crippen molar-refractivity contribution in [3.8, 4) is 0 Å². The van der Waals surface area contributed by atoms with Crippen molar-refractivity contribution in [2.24, 2.45) is 0 Å². The van der Waals surface area contributed by atoms with Crippen molar-refractivity contribution in [3.63, 3.8) is 0 Å². The van der Waals surface area contributed by atoms with Crippen LogP contribution >= 0.6 is 11.3 Å². The minimum Gasteiger partial charge on any atom is -0.345 e. The van der Waals surface area contributed by atoms with E-state index in [0.29, 0.717) is 11.0 Å². The fourth-order valence-electron chi connectivity index (χ4n) is 3.20. The number of hydrogen-bond acceptors (Lipinski definition) is 6. The highest BCUT2D eigenvalue weighted by molar-refractivity contribution is 7.20. The molecule has 126 valence electrons. The highest BCUT2D eigenvalue weighted by Gasteiger charge is 2.24. The van der Waals surface area contributed by atoms with Crippen LogP contribution in [0.5, 0.6) is 0 Å². The lowest BCUT2D eigenvalue weighted by atomic mass is 10.1. The van der Waals surface area contributed by atoms with Gasteiger partial charge in [-0.15, -0.1) is 5.10 Å². The highest BCUT2D eigenvalue weighted by Crippen LogP contribution is 2.28. The molecule has 1 fully saturated rings. The molecular formula is C16H20N6OS. The maximum absolute atomic E-state index is 12.3. The molecule has 1 aliphatic heterocycles. The Labute approximate surface area is 143 Å². The quantitative estimate of drug-likeness (QED) is 0.725. The Hall–Kier alpha value is -2.22. The monoisotopic (exact) mass is 344 g/mol. The normalized spacial score (nSPS) is 18.4. The van der Waals surface area contributed by atoms with E-state index in [1.807, 2.05) is 23.1 Å². The summed E-state index contributed by atoms with van der Waals surface area (Å²) in [5.74, 6) is 0. The number of aromatic nitrogens is 5. The van der Waals surface area contributed by atoms with Crippen LogP contribution in [-0.2, 0) is 6.42 Å². The molecule has 0 aromatic carbocycles. The molecule has 4 rings (SSSR count). The molecule has 4 heterocycles. The second-order valence-corrected chi connectivity index (χ2v) is 7.08. The molecule has 1 atom stereocenters. The molecule has 0 N–H and O–H groups in total. The minimum absolute atomic E-state index is 0.0911. The SMILES string of the molecule is CCCc1cc(=O)n2nc(N3CCCC(n4cccn4)C3)sc2n1. The summed E-state index contributed by atoms with van der Waals surface area (Å²) < 4.78 is 3.44. The summed E-state index contributed by atoms with van der Waals surface area (Å²) in [6.07, 6.45) is 7.83. The predicted molar refractivity (Wildman–Crippen MR) is 93.8 cm³/mol. The van der Waals surface area contributed by atoms with Crippen LogP contribution in [0.4, 0.5) is 5.13 Å². The van der Waals surface area contributed by atoms with Gasteiger partial charge in [-0.3, -0.25) is 9.48 Å². The molecule has 0 aliphatic carbocycles. The van der Waals surface area contributed by atoms with Crippen molar-refractivity contribution in [2.75, 3.05) is 18.0 Å². The van der Waals surface area contributed by atoms with E-state index >= 15 is 0 Å². The lowest BCUT2D eigenvalue weighted by Gasteiger charge is -2.32. The molecule has 1 aliphatic rings. The summed E-state index contributed by atoms with van der Waals surface area (Å²) >= 11 is 1.49. The summed E-state index contributed by atoms with van der Waals surface area (Å²) in [6.45, 7) is 3.90. The second kappa shape index (κ2) is 6.35. The molecule has 1 saturated heterocycles. The van der Waals surface area contributed by atoms with Gasteiger partial charge < -0.3 is 4.90 Å². The number of anilines is 1. The molecule has 0 amide bonds. The molecule has 0 radical (unpaired) electrons. The first kappa shape index (κ1) is 15.3. The van der Waals surface area contributed by atoms with Crippen molar-refractivity contribution in [3.05, 3.63) is 40.6 Å². The standard InChI is InChI=1S/C16H20N6OS/c1-2-5-12-10-14(23)22-15(18-12)24-16(19-22)20-8-3-6-13(11-20)21-9-4-7-17-21/h4,7,9-10,13H,2-3,5-6,8,11H2,1H3. The molecule has 24 heavy (non-hydrogen) atoms. The second-order valence-electron chi connectivity index (χ2n) is 6.14. The number of nitrogens with zero attached hydrogens (tertiary/aromatic N) is 6. The maximum atomic E-state index is 12.3. The molecule has 0 saturated carbocycles. The van der Waals surface area contributed by atoms with Crippen molar-refractivity contribution in [2.45, 2.75) is 38.6 Å². The van der Waals surface area contributed by atoms with Gasteiger partial charge in [0.05, 0.1) is 6.04 Å². The molecule has 8 heteroatoms. The largest absolute Gasteiger partial charge is 0.345 e. The van der Waals surface area contributed by atoms with E-state index in [4.69, 9.17) is 0 Å². The van der Waals surface area contributed by atoms with Crippen LogP contribution in [0.15, 0.2) is 29.3 Å². The average molecular weight is 344 g/mol. The van der Waals surface area contributed by atoms with Gasteiger partial charge in [0.2, 0.25) is 10.1 Å². The lowest BCUT2D eigenvalue weighted by Crippen LogP contribution is -2.36. The van der Waals surface area contributed by atoms with Gasteiger partial charge in [0, 0.05) is 37.2 Å². The van der Waals surface area contributed by atoms with Crippen molar-refractivity contribution >= 4 is 21.4 Å². The molecule has 3 aromatic heterocycles. The van der Waals surface area contributed by atoms with Crippen LogP contribution in [0.25, 0.3) is 4.96 Å². The predicted octanol–water partition coefficient (Wildman–Crippen LogP) is 2.14. The zero-order valence-electron chi connectivity index (χ0n) is 13.6. The molecule has 3 aromatic rings. The smallest absolute Gasteiger partial charge is 0.275 e. The van der Waals surface area contributed by atoms with Crippen molar-refractivity contribution in [1.82, 2.24) is 24.4 Å². The Balaban J connectivity index is 1.63. The number of piperidine rings is 1. The summed E-state index contributed by atoms with van der Waals surface area (Å²) in [5, 5.41) is 9.74. The molecule has 0 spiro atoms. The van der Waals surface area contributed by atoms with Crippen molar-refractivity contribution in [1.29, 1.82) is 0 Å². The summed E-state index contributed by atoms with van der Waals surface area (Å²) in [5.41, 5.74) is 0.761. The first-order chi connectivity index (χ1) is 11.7. The van der Waals surface area contributed by atoms with Gasteiger partial charge in [-0.2, -0.15) is 9.61 Å². The van der Waals surface area contributed by atoms with Gasteiger partial charge in [-0.05, 0) is 25.3 Å². The minimum atomic E-state index is -0.0911. The van der Waals surface area contributed by atoms with E-state index in [1.165, 1.54) is 15.9 Å². The van der Waals surface area contributed by atoms with Gasteiger partial charge >= 0.3 is 0 Å². The third-order valence-electron chi connectivity index (χ3n) is 4.36. The highest BCUT2D eigenvalue weighted by atomic mass is 32.1. The number of fused-ring (bicyclic) bond motifs is 1. The van der Waals surface area contributed by atoms with Crippen LogP contribution in [0.3, 0.4) is 0 Å². The fourth-order valence-corrected chi connectivity index (χ4v) is 4.16. The van der Waals surface area contributed by atoms with Gasteiger partial charge in [-0.25, -0.2) is 4.98 Å². The Morgan fingerprint density at radius 1 is 1.42 bits per heavy atom. The summed E-state index contributed by atoms with van der Waals surface area (Å²) in [4.78, 5) is 19.8. The van der Waals surface area contributed by atoms with Crippen LogP contribution in [0.2, 0.25) is 0 Å². The third-order valence-corrected chi connectivity index (χ3v) is 5.33. The third kappa shape index (κ3) is 2.82. The van der Waals surface area contributed by atoms with Crippen LogP contribution < -0.4 is 10.5 Å². The first-order valence-corrected chi connectivity index (χ1v) is 9.20. The number of rotatable bonds is 4. The average Bonchev–Trinajstić information content (AvgIpc) is 3.25. The number of hydrogen-bond donors (Lipinski definition) is 0. The van der Waals surface area contributed by atoms with E-state index in [-0.39, 0.29) is 5.56 Å². The topological polar surface area (TPSA) is 68.3 Å². The van der Waals surface area contributed by atoms with Gasteiger partial charge in [-0.1, -0.05) is 24.7 Å². The zero-order valence-corrected chi connectivity index (χ0v) is 14.4. The van der Waals surface area contributed by atoms with Crippen molar-refractivity contribution < 1.29 is 0 Å². The summed E-state index contributed by atoms with van der Waals surface area (Å²) in [7, 11) is 0. The Bertz CT molecular complexity index is 884. The van der Waals surface area contributed by atoms with E-state index in [1.54, 1.807) is 6.07 Å². The first-order valence-electron chi connectivity index (χ1n) is 8.38. The van der Waals surface area contributed by atoms with Gasteiger partial charge in [0.1, 0.15) is 0 Å². The van der Waals surface area contributed by atoms with Crippen LogP contribution in [0, 0.1) is 0 Å². The zero-order chi connectivity index (χ0) is 16.5. The Kier molecular flexibility index (Phi) is 4.05. The number of aryl methyl sites for hydroxylation is 1. The molecule has 0 bridgehead atoms. The van der Waals surface area contributed by atoms with Gasteiger partial charge in [0.15, 0.2) is 0 Å². The Morgan fingerprint density at radius 2 is 2.33 bits per heavy atom.